The molecule has 30 heavy (non-hydrogen) atoms. The minimum absolute atomic E-state index is 0.0544. The fourth-order valence-electron chi connectivity index (χ4n) is 2.89. The Morgan fingerprint density at radius 1 is 0.933 bits per heavy atom. The number of sulfonamides is 1. The summed E-state index contributed by atoms with van der Waals surface area (Å²) in [5.74, 6) is -0.450. The van der Waals surface area contributed by atoms with Crippen molar-refractivity contribution in [2.45, 2.75) is 18.4 Å². The number of hydrogen-bond acceptors (Lipinski definition) is 3. The molecule has 0 saturated heterocycles. The molecule has 0 aliphatic heterocycles. The molecule has 0 bridgehead atoms. The van der Waals surface area contributed by atoms with Gasteiger partial charge in [0.25, 0.3) is 0 Å². The molecule has 0 unspecified atom stereocenters. The van der Waals surface area contributed by atoms with E-state index in [-0.39, 0.29) is 18.0 Å². The van der Waals surface area contributed by atoms with Crippen LogP contribution >= 0.6 is 23.2 Å². The van der Waals surface area contributed by atoms with Gasteiger partial charge in [-0.05, 0) is 60.5 Å². The maximum absolute atomic E-state index is 13.2. The van der Waals surface area contributed by atoms with Crippen LogP contribution in [0.2, 0.25) is 10.0 Å². The van der Waals surface area contributed by atoms with Gasteiger partial charge in [0.1, 0.15) is 0 Å². The van der Waals surface area contributed by atoms with E-state index in [1.54, 1.807) is 18.2 Å². The van der Waals surface area contributed by atoms with Crippen LogP contribution in [0.3, 0.4) is 0 Å². The number of carbonyl (C=O) groups is 1. The van der Waals surface area contributed by atoms with Gasteiger partial charge in [-0.15, -0.1) is 0 Å². The minimum atomic E-state index is -3.93. The van der Waals surface area contributed by atoms with E-state index in [4.69, 9.17) is 23.2 Å². The molecule has 0 fully saturated rings. The van der Waals surface area contributed by atoms with Crippen LogP contribution in [-0.4, -0.2) is 25.2 Å². The third-order valence-electron chi connectivity index (χ3n) is 4.44. The van der Waals surface area contributed by atoms with Crippen molar-refractivity contribution in [3.63, 3.8) is 0 Å². The summed E-state index contributed by atoms with van der Waals surface area (Å²) in [7, 11) is -3.93. The lowest BCUT2D eigenvalue weighted by atomic mass is 10.2. The van der Waals surface area contributed by atoms with Crippen LogP contribution in [-0.2, 0) is 21.4 Å². The van der Waals surface area contributed by atoms with Gasteiger partial charge in [0, 0.05) is 22.3 Å². The summed E-state index contributed by atoms with van der Waals surface area (Å²) >= 11 is 11.8. The Hall–Kier alpha value is -2.38. The average Bonchev–Trinajstić information content (AvgIpc) is 2.71. The average molecular weight is 463 g/mol. The predicted octanol–water partition coefficient (Wildman–Crippen LogP) is 5.13. The minimum Gasteiger partial charge on any atom is -0.325 e. The summed E-state index contributed by atoms with van der Waals surface area (Å²) in [6, 6.07) is 20.0. The van der Waals surface area contributed by atoms with Crippen LogP contribution in [0.1, 0.15) is 11.1 Å². The number of nitrogens with one attached hydrogen (secondary N) is 1. The second-order valence-corrected chi connectivity index (χ2v) is 9.53. The summed E-state index contributed by atoms with van der Waals surface area (Å²) in [6.45, 7) is 1.52. The molecule has 156 valence electrons. The first-order chi connectivity index (χ1) is 14.3. The van der Waals surface area contributed by atoms with Crippen LogP contribution in [0.25, 0.3) is 0 Å². The predicted molar refractivity (Wildman–Crippen MR) is 120 cm³/mol. The number of carbonyl (C=O) groups excluding carboxylic acids is 1. The SMILES string of the molecule is Cc1cc(Cl)ccc1NC(=O)CN(Cc1ccccc1)S(=O)(=O)c1ccc(Cl)cc1. The van der Waals surface area contributed by atoms with Crippen molar-refractivity contribution in [1.82, 2.24) is 4.31 Å². The number of aryl methyl sites for hydroxylation is 1. The van der Waals surface area contributed by atoms with Crippen LogP contribution in [0.4, 0.5) is 5.69 Å². The van der Waals surface area contributed by atoms with Gasteiger partial charge < -0.3 is 5.32 Å². The molecular weight excluding hydrogens is 443 g/mol. The Kier molecular flexibility index (Phi) is 7.15. The first kappa shape index (κ1) is 22.3. The van der Waals surface area contributed by atoms with Gasteiger partial charge in [-0.1, -0.05) is 53.5 Å². The molecule has 0 aliphatic rings. The molecule has 3 rings (SSSR count). The van der Waals surface area contributed by atoms with Gasteiger partial charge in [0.05, 0.1) is 11.4 Å². The van der Waals surface area contributed by atoms with Gasteiger partial charge in [-0.25, -0.2) is 8.42 Å². The van der Waals surface area contributed by atoms with E-state index >= 15 is 0 Å². The van der Waals surface area contributed by atoms with Crippen molar-refractivity contribution >= 4 is 44.8 Å². The van der Waals surface area contributed by atoms with E-state index in [9.17, 15) is 13.2 Å². The lowest BCUT2D eigenvalue weighted by molar-refractivity contribution is -0.116. The molecule has 0 spiro atoms. The largest absolute Gasteiger partial charge is 0.325 e. The zero-order chi connectivity index (χ0) is 21.7. The summed E-state index contributed by atoms with van der Waals surface area (Å²) in [4.78, 5) is 12.8. The quantitative estimate of drug-likeness (QED) is 0.528. The summed E-state index contributed by atoms with van der Waals surface area (Å²) < 4.78 is 27.6. The number of nitrogens with zero attached hydrogens (tertiary/aromatic N) is 1. The summed E-state index contributed by atoms with van der Waals surface area (Å²) in [5, 5.41) is 3.75. The van der Waals surface area contributed by atoms with Crippen LogP contribution in [0.15, 0.2) is 77.7 Å². The number of benzene rings is 3. The molecule has 1 amide bonds. The molecule has 1 N–H and O–H groups in total. The smallest absolute Gasteiger partial charge is 0.243 e. The molecule has 0 aliphatic carbocycles. The van der Waals surface area contributed by atoms with Gasteiger partial charge >= 0.3 is 0 Å². The van der Waals surface area contributed by atoms with Crippen molar-refractivity contribution in [3.8, 4) is 0 Å². The van der Waals surface area contributed by atoms with E-state index in [0.29, 0.717) is 15.7 Å². The van der Waals surface area contributed by atoms with Crippen molar-refractivity contribution in [2.24, 2.45) is 0 Å². The van der Waals surface area contributed by atoms with E-state index < -0.39 is 15.9 Å². The van der Waals surface area contributed by atoms with E-state index in [0.717, 1.165) is 15.4 Å². The molecule has 3 aromatic carbocycles. The molecule has 0 radical (unpaired) electrons. The second kappa shape index (κ2) is 9.62. The number of hydrogen-bond donors (Lipinski definition) is 1. The number of rotatable bonds is 7. The molecule has 0 heterocycles. The third-order valence-corrected chi connectivity index (χ3v) is 6.73. The van der Waals surface area contributed by atoms with Crippen LogP contribution < -0.4 is 5.32 Å². The normalized spacial score (nSPS) is 11.5. The highest BCUT2D eigenvalue weighted by Crippen LogP contribution is 2.22. The van der Waals surface area contributed by atoms with Gasteiger partial charge in [0.2, 0.25) is 15.9 Å². The fourth-order valence-corrected chi connectivity index (χ4v) is 4.62. The molecule has 8 heteroatoms. The van der Waals surface area contributed by atoms with Crippen LogP contribution in [0, 0.1) is 6.92 Å². The lowest BCUT2D eigenvalue weighted by Gasteiger charge is -2.22. The van der Waals surface area contributed by atoms with Gasteiger partial charge in [-0.2, -0.15) is 4.31 Å². The van der Waals surface area contributed by atoms with Crippen molar-refractivity contribution in [1.29, 1.82) is 0 Å². The Bertz CT molecular complexity index is 1130. The Balaban J connectivity index is 1.87. The second-order valence-electron chi connectivity index (χ2n) is 6.72. The lowest BCUT2D eigenvalue weighted by Crippen LogP contribution is -2.37. The first-order valence-electron chi connectivity index (χ1n) is 9.11. The summed E-state index contributed by atoms with van der Waals surface area (Å²) in [6.07, 6.45) is 0. The number of halogens is 2. The van der Waals surface area contributed by atoms with E-state index in [2.05, 4.69) is 5.32 Å². The summed E-state index contributed by atoms with van der Waals surface area (Å²) in [5.41, 5.74) is 2.13. The molecular formula is C22H20Cl2N2O3S. The van der Waals surface area contributed by atoms with Gasteiger partial charge in [-0.3, -0.25) is 4.79 Å². The zero-order valence-electron chi connectivity index (χ0n) is 16.2. The third kappa shape index (κ3) is 5.61. The van der Waals surface area contributed by atoms with E-state index in [1.165, 1.54) is 24.3 Å². The highest BCUT2D eigenvalue weighted by molar-refractivity contribution is 7.89. The zero-order valence-corrected chi connectivity index (χ0v) is 18.5. The van der Waals surface area contributed by atoms with Crippen LogP contribution in [0.5, 0.6) is 0 Å². The highest BCUT2D eigenvalue weighted by atomic mass is 35.5. The maximum atomic E-state index is 13.2. The van der Waals surface area contributed by atoms with E-state index in [1.807, 2.05) is 37.3 Å². The fraction of sp³-hybridized carbons (Fsp3) is 0.136. The number of anilines is 1. The van der Waals surface area contributed by atoms with Crippen molar-refractivity contribution in [3.05, 3.63) is 94.0 Å². The van der Waals surface area contributed by atoms with Crippen molar-refractivity contribution in [2.75, 3.05) is 11.9 Å². The molecule has 3 aromatic rings. The standard InChI is InChI=1S/C22H20Cl2N2O3S/c1-16-13-19(24)9-12-21(16)25-22(27)15-26(14-17-5-3-2-4-6-17)30(28,29)20-10-7-18(23)8-11-20/h2-13H,14-15H2,1H3,(H,25,27). The Morgan fingerprint density at radius 3 is 2.20 bits per heavy atom. The molecule has 0 atom stereocenters. The van der Waals surface area contributed by atoms with Gasteiger partial charge in [0.15, 0.2) is 0 Å². The van der Waals surface area contributed by atoms with Crippen molar-refractivity contribution < 1.29 is 13.2 Å². The monoisotopic (exact) mass is 462 g/mol. The number of amides is 1. The maximum Gasteiger partial charge on any atom is 0.243 e. The Labute approximate surface area is 186 Å². The topological polar surface area (TPSA) is 66.5 Å². The first-order valence-corrected chi connectivity index (χ1v) is 11.3. The Morgan fingerprint density at radius 2 is 1.57 bits per heavy atom. The molecule has 0 saturated carbocycles. The molecule has 0 aromatic heterocycles. The molecule has 5 nitrogen and oxygen atoms in total. The highest BCUT2D eigenvalue weighted by Gasteiger charge is 2.27.